The molecule has 1 fully saturated rings. The molecule has 0 saturated carbocycles. The van der Waals surface area contributed by atoms with Crippen LogP contribution in [0.15, 0.2) is 101 Å². The lowest BCUT2D eigenvalue weighted by molar-refractivity contribution is -0.0956. The summed E-state index contributed by atoms with van der Waals surface area (Å²) in [6, 6.07) is 26.4. The van der Waals surface area contributed by atoms with Gasteiger partial charge in [0.15, 0.2) is 14.5 Å². The van der Waals surface area contributed by atoms with Crippen molar-refractivity contribution >= 4 is 8.32 Å². The number of nitrogens with zero attached hydrogens (tertiary/aromatic N) is 1. The highest BCUT2D eigenvalue weighted by Crippen LogP contribution is 2.44. The standard InChI is InChI=1S/C36H44N2O8Si/c1-35(2,3)47(6,7)46-32-31(40)29(45-33(32)38-22-21-30(39)37-34(38)41)23-44-36(24-11-9-8-10-12-24,25-13-17-27(42-4)18-14-25)26-15-19-28(43-5)20-16-26/h8-22,29,31-33,40H,23H2,1-7H3,(H,37,39,41)/t29-,31-,32-,33-/m1/s1. The average molecular weight is 661 g/mol. The lowest BCUT2D eigenvalue weighted by Gasteiger charge is -2.40. The van der Waals surface area contributed by atoms with E-state index in [1.165, 1.54) is 16.8 Å². The first kappa shape index (κ1) is 34.3. The minimum atomic E-state index is -2.47. The van der Waals surface area contributed by atoms with Gasteiger partial charge in [-0.2, -0.15) is 0 Å². The van der Waals surface area contributed by atoms with E-state index in [0.717, 1.165) is 16.7 Å². The largest absolute Gasteiger partial charge is 0.497 e. The van der Waals surface area contributed by atoms with E-state index < -0.39 is 49.7 Å². The van der Waals surface area contributed by atoms with Crippen molar-refractivity contribution in [2.45, 2.75) is 69.0 Å². The molecule has 0 bridgehead atoms. The maximum Gasteiger partial charge on any atom is 0.330 e. The van der Waals surface area contributed by atoms with Crippen molar-refractivity contribution in [3.63, 3.8) is 0 Å². The molecule has 0 aliphatic carbocycles. The van der Waals surface area contributed by atoms with E-state index in [-0.39, 0.29) is 11.6 Å². The molecule has 4 aromatic rings. The quantitative estimate of drug-likeness (QED) is 0.166. The van der Waals surface area contributed by atoms with Gasteiger partial charge in [-0.25, -0.2) is 4.79 Å². The fourth-order valence-corrected chi connectivity index (χ4v) is 6.92. The molecule has 10 nitrogen and oxygen atoms in total. The number of benzene rings is 3. The second-order valence-electron chi connectivity index (χ2n) is 13.2. The number of hydrogen-bond acceptors (Lipinski definition) is 8. The van der Waals surface area contributed by atoms with Crippen LogP contribution in [-0.4, -0.2) is 62.1 Å². The number of rotatable bonds is 11. The van der Waals surface area contributed by atoms with Gasteiger partial charge in [0.05, 0.1) is 20.8 Å². The summed E-state index contributed by atoms with van der Waals surface area (Å²) >= 11 is 0. The topological polar surface area (TPSA) is 121 Å². The number of aromatic amines is 1. The monoisotopic (exact) mass is 660 g/mol. The highest BCUT2D eigenvalue weighted by atomic mass is 28.4. The van der Waals surface area contributed by atoms with Crippen LogP contribution in [0.5, 0.6) is 11.5 Å². The Kier molecular flexibility index (Phi) is 9.95. The number of aromatic nitrogens is 2. The summed E-state index contributed by atoms with van der Waals surface area (Å²) in [4.78, 5) is 27.2. The molecule has 250 valence electrons. The van der Waals surface area contributed by atoms with E-state index in [9.17, 15) is 14.7 Å². The lowest BCUT2D eigenvalue weighted by atomic mass is 9.80. The molecule has 0 spiro atoms. The molecule has 5 rings (SSSR count). The lowest BCUT2D eigenvalue weighted by Crippen LogP contribution is -2.50. The third kappa shape index (κ3) is 6.86. The molecule has 1 aliphatic heterocycles. The third-order valence-electron chi connectivity index (χ3n) is 9.31. The molecule has 11 heteroatoms. The summed E-state index contributed by atoms with van der Waals surface area (Å²) in [5.74, 6) is 1.39. The van der Waals surface area contributed by atoms with Gasteiger partial charge in [-0.1, -0.05) is 75.4 Å². The molecular weight excluding hydrogens is 616 g/mol. The van der Waals surface area contributed by atoms with Gasteiger partial charge >= 0.3 is 5.69 Å². The fourth-order valence-electron chi connectivity index (χ4n) is 5.63. The highest BCUT2D eigenvalue weighted by molar-refractivity contribution is 6.74. The molecule has 3 aromatic carbocycles. The van der Waals surface area contributed by atoms with Crippen LogP contribution in [0.25, 0.3) is 0 Å². The number of aliphatic hydroxyl groups is 1. The second kappa shape index (κ2) is 13.6. The Morgan fingerprint density at radius 3 is 1.85 bits per heavy atom. The Balaban J connectivity index is 1.59. The maximum absolute atomic E-state index is 13.0. The van der Waals surface area contributed by atoms with Crippen LogP contribution in [0.1, 0.15) is 43.7 Å². The molecule has 0 unspecified atom stereocenters. The molecule has 4 atom stereocenters. The summed E-state index contributed by atoms with van der Waals surface area (Å²) in [6.45, 7) is 10.4. The number of ether oxygens (including phenoxy) is 4. The van der Waals surface area contributed by atoms with E-state index in [2.05, 4.69) is 38.8 Å². The Morgan fingerprint density at radius 1 is 0.830 bits per heavy atom. The molecular formula is C36H44N2O8Si. The van der Waals surface area contributed by atoms with Crippen molar-refractivity contribution in [3.05, 3.63) is 129 Å². The van der Waals surface area contributed by atoms with Gasteiger partial charge in [-0.05, 0) is 59.1 Å². The molecule has 0 radical (unpaired) electrons. The minimum Gasteiger partial charge on any atom is -0.497 e. The van der Waals surface area contributed by atoms with E-state index in [0.29, 0.717) is 11.5 Å². The molecule has 1 aliphatic rings. The third-order valence-corrected chi connectivity index (χ3v) is 13.8. The summed E-state index contributed by atoms with van der Waals surface area (Å²) in [7, 11) is 0.760. The van der Waals surface area contributed by atoms with Gasteiger partial charge in [-0.3, -0.25) is 14.3 Å². The van der Waals surface area contributed by atoms with Gasteiger partial charge in [-0.15, -0.1) is 0 Å². The van der Waals surface area contributed by atoms with Gasteiger partial charge < -0.3 is 28.5 Å². The van der Waals surface area contributed by atoms with Crippen molar-refractivity contribution in [1.82, 2.24) is 9.55 Å². The summed E-state index contributed by atoms with van der Waals surface area (Å²) in [6.07, 6.45) is -2.60. The normalized spacial score (nSPS) is 20.3. The van der Waals surface area contributed by atoms with Crippen LogP contribution in [0.3, 0.4) is 0 Å². The Morgan fingerprint density at radius 2 is 1.36 bits per heavy atom. The fraction of sp³-hybridized carbons (Fsp3) is 0.389. The van der Waals surface area contributed by atoms with Crippen molar-refractivity contribution in [2.75, 3.05) is 20.8 Å². The predicted octanol–water partition coefficient (Wildman–Crippen LogP) is 5.21. The second-order valence-corrected chi connectivity index (χ2v) is 18.0. The van der Waals surface area contributed by atoms with Crippen LogP contribution in [0.4, 0.5) is 0 Å². The Bertz CT molecular complexity index is 1700. The van der Waals surface area contributed by atoms with Gasteiger partial charge in [0, 0.05) is 12.3 Å². The van der Waals surface area contributed by atoms with Gasteiger partial charge in [0.2, 0.25) is 0 Å². The van der Waals surface area contributed by atoms with E-state index >= 15 is 0 Å². The first-order valence-corrected chi connectivity index (χ1v) is 18.5. The first-order chi connectivity index (χ1) is 22.3. The molecule has 1 aromatic heterocycles. The van der Waals surface area contributed by atoms with Crippen LogP contribution < -0.4 is 20.7 Å². The minimum absolute atomic E-state index is 0.0694. The van der Waals surface area contributed by atoms with Crippen LogP contribution in [0.2, 0.25) is 18.1 Å². The van der Waals surface area contributed by atoms with E-state index in [1.54, 1.807) is 14.2 Å². The summed E-state index contributed by atoms with van der Waals surface area (Å²) in [5, 5.41) is 11.7. The van der Waals surface area contributed by atoms with Crippen molar-refractivity contribution < 1.29 is 28.5 Å². The van der Waals surface area contributed by atoms with Crippen molar-refractivity contribution in [2.24, 2.45) is 0 Å². The van der Waals surface area contributed by atoms with Gasteiger partial charge in [0.25, 0.3) is 5.56 Å². The van der Waals surface area contributed by atoms with Gasteiger partial charge in [0.1, 0.15) is 35.4 Å². The summed E-state index contributed by atoms with van der Waals surface area (Å²) in [5.41, 5.74) is 0.166. The van der Waals surface area contributed by atoms with Crippen LogP contribution in [0, 0.1) is 0 Å². The van der Waals surface area contributed by atoms with Crippen LogP contribution in [-0.2, 0) is 19.5 Å². The molecule has 1 saturated heterocycles. The highest BCUT2D eigenvalue weighted by Gasteiger charge is 2.51. The number of nitrogens with one attached hydrogen (secondary N) is 1. The molecule has 0 amide bonds. The number of aliphatic hydroxyl groups excluding tert-OH is 1. The SMILES string of the molecule is COc1ccc(C(OC[C@H]2O[C@@H](n3ccc(=O)[nH]c3=O)[C@H](O[Si](C)(C)C(C)(C)C)[C@@H]2O)(c2ccccc2)c2ccc(OC)cc2)cc1. The molecule has 2 N–H and O–H groups in total. The van der Waals surface area contributed by atoms with Crippen LogP contribution >= 0.6 is 0 Å². The molecule has 2 heterocycles. The first-order valence-electron chi connectivity index (χ1n) is 15.6. The van der Waals surface area contributed by atoms with Crippen molar-refractivity contribution in [3.8, 4) is 11.5 Å². The maximum atomic E-state index is 13.0. The number of methoxy groups -OCH3 is 2. The predicted molar refractivity (Wildman–Crippen MR) is 182 cm³/mol. The van der Waals surface area contributed by atoms with E-state index in [4.69, 9.17) is 23.4 Å². The van der Waals surface area contributed by atoms with E-state index in [1.807, 2.05) is 78.9 Å². The zero-order chi connectivity index (χ0) is 34.0. The van der Waals surface area contributed by atoms with Crippen molar-refractivity contribution in [1.29, 1.82) is 0 Å². The zero-order valence-electron chi connectivity index (χ0n) is 27.9. The average Bonchev–Trinajstić information content (AvgIpc) is 3.35. The zero-order valence-corrected chi connectivity index (χ0v) is 28.9. The molecule has 47 heavy (non-hydrogen) atoms. The Hall–Kier alpha value is -4.00. The Labute approximate surface area is 276 Å². The summed E-state index contributed by atoms with van der Waals surface area (Å²) < 4.78 is 32.4. The smallest absolute Gasteiger partial charge is 0.330 e. The number of hydrogen-bond donors (Lipinski definition) is 2. The number of H-pyrrole nitrogens is 1.